The van der Waals surface area contributed by atoms with E-state index in [-0.39, 0.29) is 0 Å². The molecule has 0 spiro atoms. The lowest BCUT2D eigenvalue weighted by molar-refractivity contribution is 0.131. The molecule has 0 aromatic heterocycles. The van der Waals surface area contributed by atoms with Gasteiger partial charge in [-0.25, -0.2) is 0 Å². The first-order valence-electron chi connectivity index (χ1n) is 8.22. The van der Waals surface area contributed by atoms with E-state index >= 15 is 0 Å². The molecule has 3 nitrogen and oxygen atoms in total. The molecule has 20 heavy (non-hydrogen) atoms. The Bertz CT molecular complexity index is 246. The van der Waals surface area contributed by atoms with E-state index in [0.717, 1.165) is 11.9 Å². The van der Waals surface area contributed by atoms with Crippen molar-refractivity contribution in [2.45, 2.75) is 45.3 Å². The molecular formula is C15H33BrN2OSi. The van der Waals surface area contributed by atoms with Crippen molar-refractivity contribution < 1.29 is 4.43 Å². The fraction of sp³-hybridized carbons (Fsp3) is 1.00. The maximum Gasteiger partial charge on any atom is 0.186 e. The van der Waals surface area contributed by atoms with Crippen LogP contribution in [-0.2, 0) is 4.43 Å². The highest BCUT2D eigenvalue weighted by atomic mass is 79.9. The van der Waals surface area contributed by atoms with Crippen molar-refractivity contribution in [1.82, 2.24) is 9.80 Å². The standard InChI is InChI=1S/C15H33BrN2OSi/c1-4-19-20(2,3)15-7-10-18-13-11-17(12-14-18)9-6-5-8-16/h4-15H2,1-3H3. The average Bonchev–Trinajstić information content (AvgIpc) is 2.40. The van der Waals surface area contributed by atoms with Crippen molar-refractivity contribution in [3.63, 3.8) is 0 Å². The molecule has 0 amide bonds. The summed E-state index contributed by atoms with van der Waals surface area (Å²) in [6.07, 6.45) is 3.94. The molecule has 1 saturated heterocycles. The number of hydrogen-bond acceptors (Lipinski definition) is 3. The molecule has 0 aromatic rings. The summed E-state index contributed by atoms with van der Waals surface area (Å²) in [7, 11) is -1.36. The molecule has 1 rings (SSSR count). The first-order valence-corrected chi connectivity index (χ1v) is 12.5. The minimum atomic E-state index is -1.36. The van der Waals surface area contributed by atoms with E-state index in [9.17, 15) is 0 Å². The Labute approximate surface area is 135 Å². The van der Waals surface area contributed by atoms with Crippen molar-refractivity contribution in [2.24, 2.45) is 0 Å². The lowest BCUT2D eigenvalue weighted by Gasteiger charge is -2.35. The summed E-state index contributed by atoms with van der Waals surface area (Å²) in [4.78, 5) is 5.26. The van der Waals surface area contributed by atoms with Crippen LogP contribution in [0.15, 0.2) is 0 Å². The Morgan fingerprint density at radius 2 is 1.50 bits per heavy atom. The Morgan fingerprint density at radius 3 is 2.00 bits per heavy atom. The van der Waals surface area contributed by atoms with Crippen LogP contribution in [0.3, 0.4) is 0 Å². The van der Waals surface area contributed by atoms with E-state index in [1.165, 1.54) is 64.6 Å². The van der Waals surface area contributed by atoms with Crippen molar-refractivity contribution in [2.75, 3.05) is 51.2 Å². The molecule has 0 radical (unpaired) electrons. The summed E-state index contributed by atoms with van der Waals surface area (Å²) in [5, 5.41) is 1.15. The molecule has 1 heterocycles. The van der Waals surface area contributed by atoms with Crippen molar-refractivity contribution in [3.05, 3.63) is 0 Å². The first kappa shape index (κ1) is 18.6. The van der Waals surface area contributed by atoms with Crippen LogP contribution < -0.4 is 0 Å². The Balaban J connectivity index is 2.07. The zero-order valence-electron chi connectivity index (χ0n) is 13.7. The Hall–Kier alpha value is 0.577. The molecule has 0 atom stereocenters. The summed E-state index contributed by atoms with van der Waals surface area (Å²) in [5.74, 6) is 0. The van der Waals surface area contributed by atoms with Gasteiger partial charge in [-0.15, -0.1) is 0 Å². The van der Waals surface area contributed by atoms with Crippen LogP contribution in [-0.4, -0.2) is 69.3 Å². The number of hydrogen-bond donors (Lipinski definition) is 0. The molecule has 120 valence electrons. The summed E-state index contributed by atoms with van der Waals surface area (Å²) < 4.78 is 5.90. The maximum absolute atomic E-state index is 5.90. The number of unbranched alkanes of at least 4 members (excludes halogenated alkanes) is 1. The fourth-order valence-corrected chi connectivity index (χ4v) is 5.19. The van der Waals surface area contributed by atoms with Gasteiger partial charge < -0.3 is 14.2 Å². The van der Waals surface area contributed by atoms with Gasteiger partial charge in [0.15, 0.2) is 8.32 Å². The minimum Gasteiger partial charge on any atom is -0.418 e. The predicted molar refractivity (Wildman–Crippen MR) is 94.4 cm³/mol. The SMILES string of the molecule is CCO[Si](C)(C)CCCN1CCN(CCCCBr)CC1. The molecule has 0 saturated carbocycles. The third kappa shape index (κ3) is 8.13. The number of nitrogens with zero attached hydrogens (tertiary/aromatic N) is 2. The van der Waals surface area contributed by atoms with Gasteiger partial charge in [0.2, 0.25) is 0 Å². The molecule has 0 N–H and O–H groups in total. The predicted octanol–water partition coefficient (Wildman–Crippen LogP) is 3.41. The normalized spacial score (nSPS) is 18.6. The van der Waals surface area contributed by atoms with Gasteiger partial charge in [0.1, 0.15) is 0 Å². The number of alkyl halides is 1. The van der Waals surface area contributed by atoms with Gasteiger partial charge in [-0.2, -0.15) is 0 Å². The van der Waals surface area contributed by atoms with Crippen LogP contribution in [0.2, 0.25) is 19.1 Å². The van der Waals surface area contributed by atoms with Gasteiger partial charge >= 0.3 is 0 Å². The molecule has 0 aliphatic carbocycles. The third-order valence-electron chi connectivity index (χ3n) is 4.11. The first-order chi connectivity index (χ1) is 9.57. The fourth-order valence-electron chi connectivity index (χ4n) is 2.86. The van der Waals surface area contributed by atoms with Gasteiger partial charge in [-0.1, -0.05) is 15.9 Å². The van der Waals surface area contributed by atoms with Crippen LogP contribution >= 0.6 is 15.9 Å². The molecule has 1 aliphatic heterocycles. The van der Waals surface area contributed by atoms with E-state index in [1.807, 2.05) is 0 Å². The maximum atomic E-state index is 5.90. The largest absolute Gasteiger partial charge is 0.418 e. The van der Waals surface area contributed by atoms with E-state index in [2.05, 4.69) is 45.7 Å². The summed E-state index contributed by atoms with van der Waals surface area (Å²) in [5.41, 5.74) is 0. The summed E-state index contributed by atoms with van der Waals surface area (Å²) >= 11 is 3.51. The number of piperazine rings is 1. The van der Waals surface area contributed by atoms with Gasteiger partial charge in [-0.05, 0) is 58.4 Å². The topological polar surface area (TPSA) is 15.7 Å². The van der Waals surface area contributed by atoms with Crippen LogP contribution in [0.1, 0.15) is 26.2 Å². The molecule has 0 unspecified atom stereocenters. The second kappa shape index (κ2) is 10.3. The van der Waals surface area contributed by atoms with Crippen molar-refractivity contribution in [3.8, 4) is 0 Å². The molecular weight excluding hydrogens is 332 g/mol. The average molecular weight is 365 g/mol. The van der Waals surface area contributed by atoms with Gasteiger partial charge in [0, 0.05) is 38.1 Å². The van der Waals surface area contributed by atoms with E-state index in [0.29, 0.717) is 0 Å². The summed E-state index contributed by atoms with van der Waals surface area (Å²) in [6, 6.07) is 1.30. The van der Waals surface area contributed by atoms with E-state index < -0.39 is 8.32 Å². The Kier molecular flexibility index (Phi) is 9.62. The van der Waals surface area contributed by atoms with Crippen LogP contribution in [0.25, 0.3) is 0 Å². The van der Waals surface area contributed by atoms with Crippen molar-refractivity contribution >= 4 is 24.2 Å². The third-order valence-corrected chi connectivity index (χ3v) is 7.30. The molecule has 0 bridgehead atoms. The van der Waals surface area contributed by atoms with Crippen LogP contribution in [0.5, 0.6) is 0 Å². The molecule has 1 fully saturated rings. The van der Waals surface area contributed by atoms with Crippen LogP contribution in [0, 0.1) is 0 Å². The second-order valence-electron chi connectivity index (χ2n) is 6.38. The summed E-state index contributed by atoms with van der Waals surface area (Å²) in [6.45, 7) is 15.3. The highest BCUT2D eigenvalue weighted by Gasteiger charge is 2.22. The second-order valence-corrected chi connectivity index (χ2v) is 11.5. The smallest absolute Gasteiger partial charge is 0.186 e. The van der Waals surface area contributed by atoms with E-state index in [1.54, 1.807) is 0 Å². The van der Waals surface area contributed by atoms with Gasteiger partial charge in [-0.3, -0.25) is 0 Å². The van der Waals surface area contributed by atoms with Crippen molar-refractivity contribution in [1.29, 1.82) is 0 Å². The quantitative estimate of drug-likeness (QED) is 0.335. The highest BCUT2D eigenvalue weighted by Crippen LogP contribution is 2.14. The zero-order valence-corrected chi connectivity index (χ0v) is 16.3. The van der Waals surface area contributed by atoms with Gasteiger partial charge in [0.05, 0.1) is 0 Å². The Morgan fingerprint density at radius 1 is 0.950 bits per heavy atom. The monoisotopic (exact) mass is 364 g/mol. The van der Waals surface area contributed by atoms with Crippen LogP contribution in [0.4, 0.5) is 0 Å². The van der Waals surface area contributed by atoms with E-state index in [4.69, 9.17) is 4.43 Å². The molecule has 5 heteroatoms. The molecule has 0 aromatic carbocycles. The lowest BCUT2D eigenvalue weighted by Crippen LogP contribution is -2.47. The zero-order chi connectivity index (χ0) is 14.8. The lowest BCUT2D eigenvalue weighted by atomic mass is 10.2. The molecule has 1 aliphatic rings. The number of rotatable bonds is 10. The van der Waals surface area contributed by atoms with Gasteiger partial charge in [0.25, 0.3) is 0 Å². The number of halogens is 1. The highest BCUT2D eigenvalue weighted by molar-refractivity contribution is 9.09. The minimum absolute atomic E-state index is 0.881.